The molecular formula is C25H42O4Si. The van der Waals surface area contributed by atoms with Crippen LogP contribution in [0.5, 0.6) is 0 Å². The van der Waals surface area contributed by atoms with Gasteiger partial charge in [0.2, 0.25) is 0 Å². The molecule has 0 spiro atoms. The summed E-state index contributed by atoms with van der Waals surface area (Å²) in [4.78, 5) is 25.1. The molecule has 0 aromatic heterocycles. The molecule has 2 fully saturated rings. The normalized spacial score (nSPS) is 35.8. The summed E-state index contributed by atoms with van der Waals surface area (Å²) in [6.07, 6.45) is 8.86. The minimum Gasteiger partial charge on any atom is -0.429 e. The average molecular weight is 435 g/mol. The Hall–Kier alpha value is -0.943. The van der Waals surface area contributed by atoms with Crippen molar-refractivity contribution >= 4 is 20.1 Å². The summed E-state index contributed by atoms with van der Waals surface area (Å²) in [5.41, 5.74) is -0.808. The zero-order chi connectivity index (χ0) is 22.5. The first-order valence-electron chi connectivity index (χ1n) is 11.9. The van der Waals surface area contributed by atoms with Gasteiger partial charge in [-0.25, -0.2) is 4.79 Å². The van der Waals surface area contributed by atoms with Crippen LogP contribution in [-0.2, 0) is 18.8 Å². The van der Waals surface area contributed by atoms with Gasteiger partial charge in [-0.05, 0) is 80.5 Å². The molecule has 3 rings (SSSR count). The number of cyclic esters (lactones) is 1. The van der Waals surface area contributed by atoms with Crippen molar-refractivity contribution in [3.8, 4) is 0 Å². The molecule has 0 aromatic rings. The summed E-state index contributed by atoms with van der Waals surface area (Å²) < 4.78 is 12.1. The van der Waals surface area contributed by atoms with Crippen LogP contribution in [-0.4, -0.2) is 25.7 Å². The van der Waals surface area contributed by atoms with E-state index in [1.807, 2.05) is 13.0 Å². The van der Waals surface area contributed by atoms with Crippen LogP contribution in [0.25, 0.3) is 0 Å². The Kier molecular flexibility index (Phi) is 6.23. The summed E-state index contributed by atoms with van der Waals surface area (Å²) >= 11 is 0. The number of esters is 1. The highest BCUT2D eigenvalue weighted by Crippen LogP contribution is 2.57. The molecule has 170 valence electrons. The third kappa shape index (κ3) is 4.21. The third-order valence-electron chi connectivity index (χ3n) is 8.81. The van der Waals surface area contributed by atoms with Crippen molar-refractivity contribution in [3.63, 3.8) is 0 Å². The van der Waals surface area contributed by atoms with Gasteiger partial charge in [0.05, 0.1) is 0 Å². The Morgan fingerprint density at radius 2 is 1.90 bits per heavy atom. The molecule has 1 unspecified atom stereocenters. The molecule has 1 aliphatic heterocycles. The topological polar surface area (TPSA) is 52.6 Å². The second kappa shape index (κ2) is 7.88. The fourth-order valence-corrected chi connectivity index (χ4v) is 7.48. The summed E-state index contributed by atoms with van der Waals surface area (Å²) in [5, 5.41) is 0.0350. The highest BCUT2D eigenvalue weighted by molar-refractivity contribution is 6.74. The maximum absolute atomic E-state index is 12.7. The van der Waals surface area contributed by atoms with Crippen LogP contribution in [0.4, 0.5) is 0 Å². The summed E-state index contributed by atoms with van der Waals surface area (Å²) in [5.74, 6) is 2.33. The fraction of sp³-hybridized carbons (Fsp3) is 0.840. The van der Waals surface area contributed by atoms with Gasteiger partial charge in [0, 0.05) is 18.8 Å². The number of hydrogen-bond donors (Lipinski definition) is 0. The quantitative estimate of drug-likeness (QED) is 0.358. The molecule has 30 heavy (non-hydrogen) atoms. The van der Waals surface area contributed by atoms with Gasteiger partial charge in [-0.1, -0.05) is 34.6 Å². The van der Waals surface area contributed by atoms with Crippen molar-refractivity contribution in [2.24, 2.45) is 23.2 Å². The van der Waals surface area contributed by atoms with Crippen molar-refractivity contribution in [2.75, 3.05) is 0 Å². The number of fused-ring (bicyclic) bond motifs is 1. The Balaban J connectivity index is 1.64. The predicted octanol–water partition coefficient (Wildman–Crippen LogP) is 6.41. The Morgan fingerprint density at radius 1 is 1.23 bits per heavy atom. The van der Waals surface area contributed by atoms with Crippen LogP contribution in [0.2, 0.25) is 18.1 Å². The average Bonchev–Trinajstić information content (AvgIpc) is 3.09. The maximum atomic E-state index is 12.7. The Labute approximate surface area is 184 Å². The number of ether oxygens (including phenoxy) is 1. The van der Waals surface area contributed by atoms with E-state index < -0.39 is 13.9 Å². The lowest BCUT2D eigenvalue weighted by molar-refractivity contribution is -0.149. The van der Waals surface area contributed by atoms with Gasteiger partial charge in [-0.15, -0.1) is 0 Å². The fourth-order valence-electron chi connectivity index (χ4n) is 5.97. The zero-order valence-corrected chi connectivity index (χ0v) is 21.4. The van der Waals surface area contributed by atoms with Gasteiger partial charge in [-0.2, -0.15) is 0 Å². The minimum atomic E-state index is -2.09. The van der Waals surface area contributed by atoms with Crippen LogP contribution >= 0.6 is 0 Å². The highest BCUT2D eigenvalue weighted by atomic mass is 28.4. The molecule has 5 atom stereocenters. The SMILES string of the molecule is C[C@H](CCC1=C[C@@](C)(O[Si](C)(C)C(C)(C)C)C(=O)O1)[C@H]1CCC2C(=O)CCC[C@@]21C. The summed E-state index contributed by atoms with van der Waals surface area (Å²) in [6.45, 7) is 17.4. The van der Waals surface area contributed by atoms with Crippen LogP contribution < -0.4 is 0 Å². The molecule has 0 amide bonds. The number of carbonyl (C=O) groups is 2. The van der Waals surface area contributed by atoms with Gasteiger partial charge >= 0.3 is 5.97 Å². The van der Waals surface area contributed by atoms with Gasteiger partial charge in [-0.3, -0.25) is 4.79 Å². The van der Waals surface area contributed by atoms with E-state index in [2.05, 4.69) is 47.7 Å². The van der Waals surface area contributed by atoms with Gasteiger partial charge in [0.15, 0.2) is 13.9 Å². The predicted molar refractivity (Wildman–Crippen MR) is 122 cm³/mol. The van der Waals surface area contributed by atoms with Gasteiger partial charge in [0.1, 0.15) is 11.5 Å². The van der Waals surface area contributed by atoms with Crippen LogP contribution in [0, 0.1) is 23.2 Å². The Morgan fingerprint density at radius 3 is 2.53 bits per heavy atom. The van der Waals surface area contributed by atoms with E-state index >= 15 is 0 Å². The van der Waals surface area contributed by atoms with E-state index in [4.69, 9.17) is 9.16 Å². The second-order valence-corrected chi connectivity index (χ2v) is 16.8. The van der Waals surface area contributed by atoms with E-state index in [9.17, 15) is 9.59 Å². The standard InChI is InChI=1S/C25H42O4Si/c1-17(19-13-14-20-21(26)10-9-15-24(19,20)5)11-12-18-16-25(6,22(27)28-18)29-30(7,8)23(2,3)4/h16-17,19-20H,9-15H2,1-8H3/t17-,19-,20?,24-,25-/m1/s1. The maximum Gasteiger partial charge on any atom is 0.346 e. The number of carbonyl (C=O) groups excluding carboxylic acids is 2. The van der Waals surface area contributed by atoms with Gasteiger partial charge < -0.3 is 9.16 Å². The van der Waals surface area contributed by atoms with E-state index in [1.54, 1.807) is 0 Å². The Bertz CT molecular complexity index is 734. The lowest BCUT2D eigenvalue weighted by Gasteiger charge is -2.42. The molecule has 3 aliphatic rings. The van der Waals surface area contributed by atoms with Crippen molar-refractivity contribution in [1.82, 2.24) is 0 Å². The summed E-state index contributed by atoms with van der Waals surface area (Å²) in [7, 11) is -2.09. The third-order valence-corrected chi connectivity index (χ3v) is 13.4. The van der Waals surface area contributed by atoms with Crippen LogP contribution in [0.15, 0.2) is 11.8 Å². The number of hydrogen-bond acceptors (Lipinski definition) is 4. The highest BCUT2D eigenvalue weighted by Gasteiger charge is 2.53. The van der Waals surface area contributed by atoms with Crippen LogP contribution in [0.1, 0.15) is 86.5 Å². The van der Waals surface area contributed by atoms with Crippen LogP contribution in [0.3, 0.4) is 0 Å². The molecule has 0 bridgehead atoms. The largest absolute Gasteiger partial charge is 0.429 e. The number of rotatable bonds is 6. The van der Waals surface area contributed by atoms with Crippen molar-refractivity contribution in [1.29, 1.82) is 0 Å². The first-order valence-corrected chi connectivity index (χ1v) is 14.8. The lowest BCUT2D eigenvalue weighted by atomic mass is 9.62. The van der Waals surface area contributed by atoms with E-state index in [0.29, 0.717) is 17.6 Å². The monoisotopic (exact) mass is 434 g/mol. The van der Waals surface area contributed by atoms with E-state index in [0.717, 1.165) is 44.3 Å². The first-order chi connectivity index (χ1) is 13.7. The van der Waals surface area contributed by atoms with Crippen molar-refractivity contribution in [3.05, 3.63) is 11.8 Å². The molecule has 5 heteroatoms. The van der Waals surface area contributed by atoms with Gasteiger partial charge in [0.25, 0.3) is 0 Å². The molecule has 0 saturated heterocycles. The molecule has 0 radical (unpaired) electrons. The van der Waals surface area contributed by atoms with E-state index in [1.165, 1.54) is 6.42 Å². The molecule has 0 N–H and O–H groups in total. The van der Waals surface area contributed by atoms with E-state index in [-0.39, 0.29) is 22.3 Å². The number of ketones is 1. The summed E-state index contributed by atoms with van der Waals surface area (Å²) in [6, 6.07) is 0. The smallest absolute Gasteiger partial charge is 0.346 e. The molecular weight excluding hydrogens is 392 g/mol. The first kappa shape index (κ1) is 23.7. The lowest BCUT2D eigenvalue weighted by Crippen LogP contribution is -2.50. The second-order valence-electron chi connectivity index (χ2n) is 12.0. The molecule has 1 heterocycles. The molecule has 4 nitrogen and oxygen atoms in total. The molecule has 2 aliphatic carbocycles. The zero-order valence-electron chi connectivity index (χ0n) is 20.4. The minimum absolute atomic E-state index is 0.0350. The molecule has 0 aromatic carbocycles. The van der Waals surface area contributed by atoms with Crippen molar-refractivity contribution in [2.45, 2.75) is 110 Å². The number of Topliss-reactive ketones (excluding diaryl/α,β-unsaturated/α-hetero) is 1. The molecule has 2 saturated carbocycles. The van der Waals surface area contributed by atoms with Crippen molar-refractivity contribution < 1.29 is 18.8 Å². The number of allylic oxidation sites excluding steroid dienone is 1.